The van der Waals surface area contributed by atoms with Crippen molar-refractivity contribution < 1.29 is 14.3 Å². The van der Waals surface area contributed by atoms with Crippen molar-refractivity contribution in [1.29, 1.82) is 0 Å². The third kappa shape index (κ3) is 3.32. The SMILES string of the molecule is CNC(=O)c1cc(C(=O)N[C@H]2[C@@H]3COC[C@@H]32)cc(Cc2ccccc2)n1. The van der Waals surface area contributed by atoms with E-state index in [-0.39, 0.29) is 23.6 Å². The van der Waals surface area contributed by atoms with Crippen LogP contribution in [0.5, 0.6) is 0 Å². The number of ether oxygens (including phenoxy) is 1. The number of fused-ring (bicyclic) bond motifs is 1. The number of rotatable bonds is 5. The van der Waals surface area contributed by atoms with E-state index in [1.165, 1.54) is 0 Å². The van der Waals surface area contributed by atoms with Gasteiger partial charge in [0.25, 0.3) is 11.8 Å². The number of nitrogens with zero attached hydrogens (tertiary/aromatic N) is 1. The van der Waals surface area contributed by atoms with Gasteiger partial charge in [-0.25, -0.2) is 4.98 Å². The minimum absolute atomic E-state index is 0.161. The lowest BCUT2D eigenvalue weighted by Crippen LogP contribution is -2.30. The molecule has 1 aromatic carbocycles. The van der Waals surface area contributed by atoms with E-state index >= 15 is 0 Å². The Balaban J connectivity index is 1.57. The molecule has 2 aromatic rings. The molecule has 6 heteroatoms. The summed E-state index contributed by atoms with van der Waals surface area (Å²) in [5.74, 6) is 0.405. The number of hydrogen-bond acceptors (Lipinski definition) is 4. The highest BCUT2D eigenvalue weighted by atomic mass is 16.5. The fourth-order valence-corrected chi connectivity index (χ4v) is 3.55. The van der Waals surface area contributed by atoms with Gasteiger partial charge in [-0.1, -0.05) is 30.3 Å². The summed E-state index contributed by atoms with van der Waals surface area (Å²) in [6.45, 7) is 1.43. The van der Waals surface area contributed by atoms with Crippen molar-refractivity contribution in [2.75, 3.05) is 20.3 Å². The first-order valence-electron chi connectivity index (χ1n) is 8.81. The Bertz CT molecular complexity index is 827. The number of hydrogen-bond donors (Lipinski definition) is 2. The van der Waals surface area contributed by atoms with E-state index in [0.717, 1.165) is 5.56 Å². The molecule has 2 amide bonds. The van der Waals surface area contributed by atoms with Crippen LogP contribution in [-0.2, 0) is 11.2 Å². The van der Waals surface area contributed by atoms with Gasteiger partial charge in [-0.15, -0.1) is 0 Å². The third-order valence-electron chi connectivity index (χ3n) is 5.08. The molecular formula is C20H21N3O3. The van der Waals surface area contributed by atoms with Gasteiger partial charge < -0.3 is 15.4 Å². The quantitative estimate of drug-likeness (QED) is 0.853. The van der Waals surface area contributed by atoms with Gasteiger partial charge in [0, 0.05) is 42.6 Å². The van der Waals surface area contributed by atoms with Crippen molar-refractivity contribution >= 4 is 11.8 Å². The van der Waals surface area contributed by atoms with E-state index in [2.05, 4.69) is 15.6 Å². The zero-order valence-electron chi connectivity index (χ0n) is 14.6. The van der Waals surface area contributed by atoms with Gasteiger partial charge in [0.05, 0.1) is 13.2 Å². The van der Waals surface area contributed by atoms with Gasteiger partial charge in [-0.3, -0.25) is 9.59 Å². The van der Waals surface area contributed by atoms with Gasteiger partial charge in [0.2, 0.25) is 0 Å². The zero-order valence-corrected chi connectivity index (χ0v) is 14.6. The maximum absolute atomic E-state index is 12.7. The molecule has 1 aromatic heterocycles. The molecule has 26 heavy (non-hydrogen) atoms. The molecule has 3 atom stereocenters. The lowest BCUT2D eigenvalue weighted by atomic mass is 10.1. The van der Waals surface area contributed by atoms with Crippen LogP contribution in [0.2, 0.25) is 0 Å². The second-order valence-corrected chi connectivity index (χ2v) is 6.84. The summed E-state index contributed by atoms with van der Waals surface area (Å²) in [6, 6.07) is 13.4. The topological polar surface area (TPSA) is 80.3 Å². The van der Waals surface area contributed by atoms with Crippen LogP contribution in [0.15, 0.2) is 42.5 Å². The summed E-state index contributed by atoms with van der Waals surface area (Å²) in [7, 11) is 1.55. The first-order valence-corrected chi connectivity index (χ1v) is 8.81. The Hall–Kier alpha value is -2.73. The van der Waals surface area contributed by atoms with E-state index in [9.17, 15) is 9.59 Å². The average molecular weight is 351 g/mol. The zero-order chi connectivity index (χ0) is 18.1. The lowest BCUT2D eigenvalue weighted by Gasteiger charge is -2.11. The first-order chi connectivity index (χ1) is 12.7. The molecule has 2 aliphatic rings. The smallest absolute Gasteiger partial charge is 0.269 e. The molecule has 4 rings (SSSR count). The highest BCUT2D eigenvalue weighted by molar-refractivity contribution is 5.98. The van der Waals surface area contributed by atoms with Crippen molar-refractivity contribution in [2.45, 2.75) is 12.5 Å². The molecule has 0 spiro atoms. The fraction of sp³-hybridized carbons (Fsp3) is 0.350. The average Bonchev–Trinajstić information content (AvgIpc) is 3.08. The number of carbonyl (C=O) groups is 2. The van der Waals surface area contributed by atoms with Crippen molar-refractivity contribution in [3.05, 3.63) is 65.0 Å². The number of pyridine rings is 1. The maximum Gasteiger partial charge on any atom is 0.269 e. The molecule has 0 bridgehead atoms. The lowest BCUT2D eigenvalue weighted by molar-refractivity contribution is 0.0928. The number of nitrogens with one attached hydrogen (secondary N) is 2. The molecule has 1 saturated heterocycles. The van der Waals surface area contributed by atoms with Crippen LogP contribution in [0.4, 0.5) is 0 Å². The number of carbonyl (C=O) groups excluding carboxylic acids is 2. The summed E-state index contributed by atoms with van der Waals surface area (Å²) < 4.78 is 5.36. The molecule has 0 radical (unpaired) electrons. The van der Waals surface area contributed by atoms with Crippen molar-refractivity contribution in [3.8, 4) is 0 Å². The summed E-state index contributed by atoms with van der Waals surface area (Å²) in [5.41, 5.74) is 2.50. The molecule has 2 fully saturated rings. The Labute approximate surface area is 152 Å². The van der Waals surface area contributed by atoms with Crippen LogP contribution < -0.4 is 10.6 Å². The molecule has 1 aliphatic carbocycles. The predicted octanol–water partition coefficient (Wildman–Crippen LogP) is 1.41. The minimum atomic E-state index is -0.300. The van der Waals surface area contributed by atoms with Gasteiger partial charge in [0.15, 0.2) is 0 Å². The second-order valence-electron chi connectivity index (χ2n) is 6.84. The Morgan fingerprint density at radius 3 is 2.54 bits per heavy atom. The Morgan fingerprint density at radius 2 is 1.85 bits per heavy atom. The standard InChI is InChI=1S/C20H21N3O3/c1-21-20(25)17-9-13(19(24)23-18-15-10-26-11-16(15)18)8-14(22-17)7-12-5-3-2-4-6-12/h2-6,8-9,15-16,18H,7,10-11H2,1H3,(H,21,25)(H,23,24)/t15-,16+,18+. The van der Waals surface area contributed by atoms with E-state index in [4.69, 9.17) is 4.74 Å². The highest BCUT2D eigenvalue weighted by Gasteiger charge is 2.54. The van der Waals surface area contributed by atoms with E-state index in [1.54, 1.807) is 19.2 Å². The maximum atomic E-state index is 12.7. The monoisotopic (exact) mass is 351 g/mol. The first kappa shape index (κ1) is 16.7. The van der Waals surface area contributed by atoms with E-state index in [0.29, 0.717) is 42.7 Å². The van der Waals surface area contributed by atoms with Crippen molar-refractivity contribution in [2.24, 2.45) is 11.8 Å². The normalized spacial score (nSPS) is 23.2. The molecular weight excluding hydrogens is 330 g/mol. The number of amides is 2. The Morgan fingerprint density at radius 1 is 1.12 bits per heavy atom. The van der Waals surface area contributed by atoms with Crippen LogP contribution in [0, 0.1) is 11.8 Å². The molecule has 2 N–H and O–H groups in total. The van der Waals surface area contributed by atoms with Crippen LogP contribution >= 0.6 is 0 Å². The molecule has 6 nitrogen and oxygen atoms in total. The van der Waals surface area contributed by atoms with Crippen LogP contribution in [-0.4, -0.2) is 43.1 Å². The number of benzene rings is 1. The second kappa shape index (κ2) is 6.88. The molecule has 0 unspecified atom stereocenters. The fourth-order valence-electron chi connectivity index (χ4n) is 3.55. The molecule has 1 aliphatic heterocycles. The summed E-state index contributed by atoms with van der Waals surface area (Å²) >= 11 is 0. The van der Waals surface area contributed by atoms with Crippen LogP contribution in [0.25, 0.3) is 0 Å². The van der Waals surface area contributed by atoms with Gasteiger partial charge in [-0.2, -0.15) is 0 Å². The van der Waals surface area contributed by atoms with Crippen LogP contribution in [0.1, 0.15) is 32.1 Å². The van der Waals surface area contributed by atoms with Gasteiger partial charge >= 0.3 is 0 Å². The number of aromatic nitrogens is 1. The summed E-state index contributed by atoms with van der Waals surface area (Å²) in [4.78, 5) is 29.2. The minimum Gasteiger partial charge on any atom is -0.381 e. The van der Waals surface area contributed by atoms with Crippen molar-refractivity contribution in [1.82, 2.24) is 15.6 Å². The Kier molecular flexibility index (Phi) is 4.42. The van der Waals surface area contributed by atoms with Gasteiger partial charge in [0.1, 0.15) is 5.69 Å². The summed E-state index contributed by atoms with van der Waals surface area (Å²) in [6.07, 6.45) is 0.564. The highest BCUT2D eigenvalue weighted by Crippen LogP contribution is 2.44. The van der Waals surface area contributed by atoms with E-state index in [1.807, 2.05) is 30.3 Å². The molecule has 134 valence electrons. The van der Waals surface area contributed by atoms with Crippen molar-refractivity contribution in [3.63, 3.8) is 0 Å². The predicted molar refractivity (Wildman–Crippen MR) is 95.9 cm³/mol. The molecule has 1 saturated carbocycles. The molecule has 2 heterocycles. The third-order valence-corrected chi connectivity index (χ3v) is 5.08. The van der Waals surface area contributed by atoms with E-state index < -0.39 is 0 Å². The largest absolute Gasteiger partial charge is 0.381 e. The van der Waals surface area contributed by atoms with Crippen LogP contribution in [0.3, 0.4) is 0 Å². The van der Waals surface area contributed by atoms with Gasteiger partial charge in [-0.05, 0) is 17.7 Å². The summed E-state index contributed by atoms with van der Waals surface area (Å²) in [5, 5.41) is 5.64.